The van der Waals surface area contributed by atoms with Crippen LogP contribution in [0.1, 0.15) is 94.5 Å². The van der Waals surface area contributed by atoms with Crippen molar-refractivity contribution in [1.29, 1.82) is 0 Å². The van der Waals surface area contributed by atoms with Crippen LogP contribution in [0.3, 0.4) is 0 Å². The second kappa shape index (κ2) is 14.4. The average molecular weight is 763 g/mol. The third-order valence-electron chi connectivity index (χ3n) is 6.11. The van der Waals surface area contributed by atoms with Gasteiger partial charge in [0.25, 0.3) is 0 Å². The van der Waals surface area contributed by atoms with Crippen molar-refractivity contribution in [3.05, 3.63) is 65.0 Å². The van der Waals surface area contributed by atoms with E-state index in [0.717, 1.165) is 23.3 Å². The van der Waals surface area contributed by atoms with Crippen molar-refractivity contribution in [1.82, 2.24) is 14.1 Å². The molecule has 0 amide bonds. The van der Waals surface area contributed by atoms with Gasteiger partial charge in [-0.25, -0.2) is 10.6 Å². The third kappa shape index (κ3) is 16.9. The van der Waals surface area contributed by atoms with Gasteiger partial charge in [0, 0.05) is 46.9 Å². The zero-order valence-electron chi connectivity index (χ0n) is 29.4. The molecule has 0 aliphatic heterocycles. The number of halogens is 6. The molecule has 18 heteroatoms. The van der Waals surface area contributed by atoms with Crippen molar-refractivity contribution in [2.24, 2.45) is 0 Å². The van der Waals surface area contributed by atoms with Crippen LogP contribution in [0.15, 0.2) is 43.0 Å². The molecule has 0 unspecified atom stereocenters. The van der Waals surface area contributed by atoms with Crippen LogP contribution in [0.2, 0.25) is 0 Å². The minimum Gasteiger partial charge on any atom is -0.565 e. The summed E-state index contributed by atoms with van der Waals surface area (Å²) in [6.45, 7) is 27.5. The number of aromatic nitrogens is 5. The van der Waals surface area contributed by atoms with Crippen LogP contribution < -0.4 is 14.2 Å². The van der Waals surface area contributed by atoms with E-state index in [9.17, 15) is 25.2 Å². The van der Waals surface area contributed by atoms with Crippen LogP contribution in [0, 0.1) is 0 Å². The molecular weight excluding hydrogens is 715 g/mol. The smallest absolute Gasteiger partial charge is 0.565 e. The largest absolute Gasteiger partial charge is 2.00 e. The predicted octanol–water partition coefficient (Wildman–Crippen LogP) is 8.96. The van der Waals surface area contributed by atoms with Crippen LogP contribution in [-0.2, 0) is 52.3 Å². The van der Waals surface area contributed by atoms with Gasteiger partial charge < -0.3 is 33.3 Å². The number of nitrogens with zero attached hydrogens (tertiary/aromatic N) is 7. The fraction of sp³-hybridized carbons (Fsp3) is 0.600. The molecule has 3 aromatic heterocycles. The maximum atomic E-state index is 9.87. The quantitative estimate of drug-likeness (QED) is 0.117. The summed E-state index contributed by atoms with van der Waals surface area (Å²) >= 11 is 0. The number of pyridine rings is 1. The van der Waals surface area contributed by atoms with E-state index in [0.29, 0.717) is 13.1 Å². The van der Waals surface area contributed by atoms with E-state index in [1.54, 1.807) is 0 Å². The molecule has 0 aliphatic rings. The summed E-state index contributed by atoms with van der Waals surface area (Å²) in [5.74, 6) is 1.92. The molecule has 279 valence electrons. The number of carbonyl (C=O) groups is 1. The number of hydrogen-bond donors (Lipinski definition) is 1. The zero-order chi connectivity index (χ0) is 37.1. The topological polar surface area (TPSA) is 119 Å². The van der Waals surface area contributed by atoms with Gasteiger partial charge in [0.2, 0.25) is 18.1 Å². The molecule has 0 fully saturated rings. The molecule has 3 heterocycles. The molecule has 10 nitrogen and oxygen atoms in total. The van der Waals surface area contributed by atoms with E-state index < -0.39 is 14.0 Å². The van der Waals surface area contributed by atoms with Crippen LogP contribution in [-0.4, -0.2) is 25.4 Å². The normalized spacial score (nSPS) is 13.8. The maximum Gasteiger partial charge on any atom is 2.00 e. The van der Waals surface area contributed by atoms with E-state index in [2.05, 4.69) is 132 Å². The van der Waals surface area contributed by atoms with Gasteiger partial charge in [0.1, 0.15) is 0 Å². The van der Waals surface area contributed by atoms with E-state index >= 15 is 0 Å². The fourth-order valence-electron chi connectivity index (χ4n) is 4.17. The molecular formula is C30H48CuF6N7O3P. The van der Waals surface area contributed by atoms with Crippen molar-refractivity contribution in [2.45, 2.75) is 118 Å². The molecule has 0 saturated carbocycles. The van der Waals surface area contributed by atoms with Gasteiger partial charge in [-0.1, -0.05) is 6.07 Å². The molecule has 0 saturated heterocycles. The molecule has 0 aliphatic carbocycles. The van der Waals surface area contributed by atoms with Crippen LogP contribution in [0.5, 0.6) is 0 Å². The number of hydrogen-bond acceptors (Lipinski definition) is 3. The van der Waals surface area contributed by atoms with Gasteiger partial charge in [0.05, 0.1) is 24.5 Å². The van der Waals surface area contributed by atoms with Crippen LogP contribution >= 0.6 is 7.81 Å². The molecule has 3 rings (SSSR count). The summed E-state index contributed by atoms with van der Waals surface area (Å²) in [7, 11) is -10.7. The summed E-state index contributed by atoms with van der Waals surface area (Å²) in [5, 5.41) is 25.4. The van der Waals surface area contributed by atoms with Crippen molar-refractivity contribution < 1.29 is 66.4 Å². The summed E-state index contributed by atoms with van der Waals surface area (Å²) < 4.78 is 68.2. The molecule has 0 aromatic carbocycles. The molecule has 1 radical (unpaired) electrons. The van der Waals surface area contributed by atoms with Gasteiger partial charge in [-0.3, -0.25) is 4.98 Å². The zero-order valence-corrected chi connectivity index (χ0v) is 31.2. The Morgan fingerprint density at radius 3 is 1.25 bits per heavy atom. The second-order valence-electron chi connectivity index (χ2n) is 14.8. The van der Waals surface area contributed by atoms with Crippen LogP contribution in [0.25, 0.3) is 10.6 Å². The van der Waals surface area contributed by atoms with Gasteiger partial charge in [-0.2, -0.15) is 0 Å². The number of imidazole rings is 2. The SMILES string of the molecule is CC(C)(C)n1cc[n+](C(C)(C)C)c1[N-]Cc1cccc(C[N-]c2n(C(C)(C)C)cc[n+]2C(C)(C)C)n1.F[P-](F)(F)(F)(F)F.O=C([O-])O.[Cu+2]. The first kappa shape index (κ1) is 45.0. The van der Waals surface area contributed by atoms with Gasteiger partial charge >= 0.3 is 50.1 Å². The summed E-state index contributed by atoms with van der Waals surface area (Å²) in [6, 6.07) is 6.15. The monoisotopic (exact) mass is 762 g/mol. The molecule has 48 heavy (non-hydrogen) atoms. The maximum absolute atomic E-state index is 10.7. The Hall–Kier alpha value is -3.03. The Bertz CT molecular complexity index is 1350. The average Bonchev–Trinajstić information content (AvgIpc) is 3.43. The second-order valence-corrected chi connectivity index (χ2v) is 16.8. The van der Waals surface area contributed by atoms with E-state index in [4.69, 9.17) is 30.6 Å². The Balaban J connectivity index is 0.00000159. The summed E-state index contributed by atoms with van der Waals surface area (Å²) in [6.07, 6.45) is 6.42. The first-order chi connectivity index (χ1) is 20.6. The minimum absolute atomic E-state index is 0. The fourth-order valence-corrected chi connectivity index (χ4v) is 4.17. The first-order valence-corrected chi connectivity index (χ1v) is 16.6. The third-order valence-corrected chi connectivity index (χ3v) is 6.11. The van der Waals surface area contributed by atoms with Gasteiger partial charge in [-0.05, 0) is 95.2 Å². The number of carboxylic acid groups (broad SMARTS) is 2. The Kier molecular flexibility index (Phi) is 13.5. The van der Waals surface area contributed by atoms with E-state index in [1.807, 2.05) is 12.1 Å². The molecule has 0 atom stereocenters. The molecule has 0 spiro atoms. The summed E-state index contributed by atoms with van der Waals surface area (Å²) in [5.41, 5.74) is 1.64. The molecule has 0 bridgehead atoms. The van der Waals surface area contributed by atoms with Crippen molar-refractivity contribution in [3.8, 4) is 0 Å². The number of rotatable bonds is 6. The Morgan fingerprint density at radius 1 is 0.750 bits per heavy atom. The first-order valence-electron chi connectivity index (χ1n) is 14.6. The van der Waals surface area contributed by atoms with Crippen LogP contribution in [0.4, 0.5) is 41.9 Å². The van der Waals surface area contributed by atoms with E-state index in [1.165, 1.54) is 0 Å². The molecule has 3 aromatic rings. The van der Waals surface area contributed by atoms with Gasteiger partial charge in [-0.15, -0.1) is 0 Å². The Morgan fingerprint density at radius 2 is 1.02 bits per heavy atom. The van der Waals surface area contributed by atoms with Crippen molar-refractivity contribution in [2.75, 3.05) is 0 Å². The van der Waals surface area contributed by atoms with Crippen molar-refractivity contribution >= 4 is 25.9 Å². The van der Waals surface area contributed by atoms with E-state index in [-0.39, 0.29) is 39.2 Å². The summed E-state index contributed by atoms with van der Waals surface area (Å²) in [4.78, 5) is 13.4. The molecule has 1 N–H and O–H groups in total. The van der Waals surface area contributed by atoms with Crippen molar-refractivity contribution in [3.63, 3.8) is 0 Å². The van der Waals surface area contributed by atoms with Gasteiger partial charge in [0.15, 0.2) is 0 Å². The Labute approximate surface area is 289 Å². The minimum atomic E-state index is -10.7. The predicted molar refractivity (Wildman–Crippen MR) is 169 cm³/mol. The standard InChI is InChI=1S/C29H47N7.CH2O3.Cu.F6P/c1-26(2,3)33-16-17-34(27(4,5)6)24(33)30-20-22-14-13-15-23(32-22)21-31-25-35(28(7,8)9)18-19-36(25)29(10,11)12;2-1(3)4;;1-7(2,3,4,5)6/h13-19H,20-21H2,1-12H3;(H2,2,3,4);;/q;;+2;-1/p-1.